The van der Waals surface area contributed by atoms with Gasteiger partial charge in [-0.3, -0.25) is 9.67 Å². The molecule has 7 heteroatoms. The maximum Gasteiger partial charge on any atom is 0.221 e. The highest BCUT2D eigenvalue weighted by atomic mass is 16.5. The van der Waals surface area contributed by atoms with E-state index in [-0.39, 0.29) is 5.92 Å². The number of anilines is 1. The van der Waals surface area contributed by atoms with Crippen LogP contribution in [0.4, 0.5) is 5.69 Å². The number of pyridine rings is 3. The number of aromatic nitrogens is 5. The monoisotopic (exact) mass is 402 g/mol. The van der Waals surface area contributed by atoms with Crippen molar-refractivity contribution in [2.45, 2.75) is 33.2 Å². The minimum Gasteiger partial charge on any atom is -0.478 e. The van der Waals surface area contributed by atoms with Crippen molar-refractivity contribution in [2.24, 2.45) is 7.05 Å². The average Bonchev–Trinajstić information content (AvgIpc) is 3.11. The molecule has 7 nitrogen and oxygen atoms in total. The van der Waals surface area contributed by atoms with Crippen LogP contribution in [0.5, 0.6) is 5.88 Å². The molecule has 0 saturated heterocycles. The van der Waals surface area contributed by atoms with Crippen molar-refractivity contribution < 1.29 is 4.74 Å². The zero-order chi connectivity index (χ0) is 21.1. The van der Waals surface area contributed by atoms with Crippen LogP contribution in [0.25, 0.3) is 22.2 Å². The number of hydrogen-bond acceptors (Lipinski definition) is 6. The topological polar surface area (TPSA) is 77.8 Å². The van der Waals surface area contributed by atoms with Gasteiger partial charge in [-0.1, -0.05) is 19.9 Å². The fourth-order valence-electron chi connectivity index (χ4n) is 3.57. The summed E-state index contributed by atoms with van der Waals surface area (Å²) in [5.74, 6) is 0.846. The summed E-state index contributed by atoms with van der Waals surface area (Å²) in [6.45, 7) is 7.38. The molecule has 4 rings (SSSR count). The predicted molar refractivity (Wildman–Crippen MR) is 119 cm³/mol. The van der Waals surface area contributed by atoms with Crippen LogP contribution in [0.15, 0.2) is 48.9 Å². The van der Waals surface area contributed by atoms with Crippen molar-refractivity contribution in [1.29, 1.82) is 0 Å². The van der Waals surface area contributed by atoms with Gasteiger partial charge in [0.25, 0.3) is 0 Å². The maximum absolute atomic E-state index is 5.80. The van der Waals surface area contributed by atoms with Crippen LogP contribution in [0.1, 0.15) is 38.1 Å². The van der Waals surface area contributed by atoms with E-state index in [0.29, 0.717) is 19.0 Å². The summed E-state index contributed by atoms with van der Waals surface area (Å²) in [7, 11) is 1.93. The lowest BCUT2D eigenvalue weighted by molar-refractivity contribution is 0.328. The number of ether oxygens (including phenoxy) is 1. The number of nitrogens with zero attached hydrogens (tertiary/aromatic N) is 5. The number of aryl methyl sites for hydroxylation is 1. The van der Waals surface area contributed by atoms with Gasteiger partial charge in [-0.05, 0) is 37.1 Å². The first kappa shape index (κ1) is 19.8. The maximum atomic E-state index is 5.80. The lowest BCUT2D eigenvalue weighted by atomic mass is 10.0. The van der Waals surface area contributed by atoms with E-state index in [9.17, 15) is 0 Å². The highest BCUT2D eigenvalue weighted by Gasteiger charge is 2.22. The van der Waals surface area contributed by atoms with Gasteiger partial charge in [0.1, 0.15) is 0 Å². The smallest absolute Gasteiger partial charge is 0.221 e. The van der Waals surface area contributed by atoms with E-state index in [4.69, 9.17) is 14.8 Å². The molecule has 0 aliphatic rings. The molecular formula is C23H26N6O. The Morgan fingerprint density at radius 1 is 1.03 bits per heavy atom. The molecule has 0 saturated carbocycles. The van der Waals surface area contributed by atoms with Gasteiger partial charge in [-0.2, -0.15) is 5.10 Å². The van der Waals surface area contributed by atoms with Crippen molar-refractivity contribution >= 4 is 16.7 Å². The molecular weight excluding hydrogens is 376 g/mol. The van der Waals surface area contributed by atoms with Crippen LogP contribution in [-0.2, 0) is 13.6 Å². The van der Waals surface area contributed by atoms with Gasteiger partial charge in [0.05, 0.1) is 35.6 Å². The quantitative estimate of drug-likeness (QED) is 0.488. The SMILES string of the molecule is CCOc1ncccc1-c1cnc2c(c(C(C)C)nn2C)c1NCc1ccccn1. The first-order valence-electron chi connectivity index (χ1n) is 10.2. The summed E-state index contributed by atoms with van der Waals surface area (Å²) >= 11 is 0. The Morgan fingerprint density at radius 3 is 2.60 bits per heavy atom. The molecule has 0 spiro atoms. The molecule has 0 aliphatic carbocycles. The van der Waals surface area contributed by atoms with Gasteiger partial charge in [0.15, 0.2) is 5.65 Å². The molecule has 4 heterocycles. The zero-order valence-corrected chi connectivity index (χ0v) is 17.8. The number of fused-ring (bicyclic) bond motifs is 1. The molecule has 0 amide bonds. The second-order valence-corrected chi connectivity index (χ2v) is 7.37. The third-order valence-corrected chi connectivity index (χ3v) is 4.94. The molecule has 0 fully saturated rings. The Labute approximate surface area is 176 Å². The van der Waals surface area contributed by atoms with Crippen LogP contribution >= 0.6 is 0 Å². The van der Waals surface area contributed by atoms with Crippen molar-refractivity contribution in [2.75, 3.05) is 11.9 Å². The summed E-state index contributed by atoms with van der Waals surface area (Å²) < 4.78 is 7.64. The molecule has 30 heavy (non-hydrogen) atoms. The molecule has 0 aliphatic heterocycles. The lowest BCUT2D eigenvalue weighted by Crippen LogP contribution is -2.06. The van der Waals surface area contributed by atoms with Gasteiger partial charge in [-0.25, -0.2) is 9.97 Å². The molecule has 154 valence electrons. The minimum atomic E-state index is 0.251. The summed E-state index contributed by atoms with van der Waals surface area (Å²) in [5, 5.41) is 9.38. The average molecular weight is 403 g/mol. The fourth-order valence-corrected chi connectivity index (χ4v) is 3.57. The first-order valence-corrected chi connectivity index (χ1v) is 10.2. The zero-order valence-electron chi connectivity index (χ0n) is 17.8. The highest BCUT2D eigenvalue weighted by Crippen LogP contribution is 2.40. The van der Waals surface area contributed by atoms with Crippen molar-refractivity contribution in [3.05, 3.63) is 60.3 Å². The predicted octanol–water partition coefficient (Wildman–Crippen LogP) is 4.56. The largest absolute Gasteiger partial charge is 0.478 e. The van der Waals surface area contributed by atoms with Crippen molar-refractivity contribution in [1.82, 2.24) is 24.7 Å². The summed E-state index contributed by atoms with van der Waals surface area (Å²) in [6, 6.07) is 9.84. The summed E-state index contributed by atoms with van der Waals surface area (Å²) in [5.41, 5.74) is 5.61. The van der Waals surface area contributed by atoms with E-state index < -0.39 is 0 Å². The van der Waals surface area contributed by atoms with E-state index in [1.54, 1.807) is 12.4 Å². The van der Waals surface area contributed by atoms with Crippen LogP contribution in [0, 0.1) is 0 Å². The Bertz CT molecular complexity index is 1150. The Morgan fingerprint density at radius 2 is 1.87 bits per heavy atom. The van der Waals surface area contributed by atoms with Gasteiger partial charge in [-0.15, -0.1) is 0 Å². The normalized spacial score (nSPS) is 11.2. The van der Waals surface area contributed by atoms with Crippen LogP contribution in [0.2, 0.25) is 0 Å². The van der Waals surface area contributed by atoms with Gasteiger partial charge < -0.3 is 10.1 Å². The second kappa shape index (κ2) is 8.49. The van der Waals surface area contributed by atoms with Gasteiger partial charge >= 0.3 is 0 Å². The van der Waals surface area contributed by atoms with E-state index in [0.717, 1.165) is 39.2 Å². The number of rotatable bonds is 7. The second-order valence-electron chi connectivity index (χ2n) is 7.37. The molecule has 0 radical (unpaired) electrons. The van der Waals surface area contributed by atoms with Crippen LogP contribution in [-0.4, -0.2) is 31.3 Å². The van der Waals surface area contributed by atoms with E-state index >= 15 is 0 Å². The number of hydrogen-bond donors (Lipinski definition) is 1. The number of nitrogens with one attached hydrogen (secondary N) is 1. The van der Waals surface area contributed by atoms with Crippen LogP contribution < -0.4 is 10.1 Å². The highest BCUT2D eigenvalue weighted by molar-refractivity contribution is 6.00. The molecule has 0 aromatic carbocycles. The molecule has 4 aromatic heterocycles. The molecule has 4 aromatic rings. The van der Waals surface area contributed by atoms with Crippen LogP contribution in [0.3, 0.4) is 0 Å². The standard InChI is InChI=1S/C23H26N6O/c1-5-30-23-17(10-8-12-25-23)18-14-27-22-19(20(15(2)3)28-29(22)4)21(18)26-13-16-9-6-7-11-24-16/h6-12,14-15H,5,13H2,1-4H3,(H,26,27). The first-order chi connectivity index (χ1) is 14.6. The van der Waals surface area contributed by atoms with Crippen molar-refractivity contribution in [3.8, 4) is 17.0 Å². The Kier molecular flexibility index (Phi) is 5.61. The third-order valence-electron chi connectivity index (χ3n) is 4.94. The molecule has 0 unspecified atom stereocenters. The summed E-state index contributed by atoms with van der Waals surface area (Å²) in [4.78, 5) is 13.6. The van der Waals surface area contributed by atoms with E-state index in [2.05, 4.69) is 29.1 Å². The Hall–Kier alpha value is -3.48. The van der Waals surface area contributed by atoms with Crippen molar-refractivity contribution in [3.63, 3.8) is 0 Å². The molecule has 0 atom stereocenters. The minimum absolute atomic E-state index is 0.251. The fraction of sp³-hybridized carbons (Fsp3) is 0.304. The van der Waals surface area contributed by atoms with E-state index in [1.165, 1.54) is 0 Å². The van der Waals surface area contributed by atoms with Gasteiger partial charge in [0.2, 0.25) is 5.88 Å². The molecule has 0 bridgehead atoms. The van der Waals surface area contributed by atoms with E-state index in [1.807, 2.05) is 55.2 Å². The third kappa shape index (κ3) is 3.70. The lowest BCUT2D eigenvalue weighted by Gasteiger charge is -2.16. The molecule has 1 N–H and O–H groups in total. The van der Waals surface area contributed by atoms with Gasteiger partial charge in [0, 0.05) is 36.8 Å². The Balaban J connectivity index is 1.92. The summed E-state index contributed by atoms with van der Waals surface area (Å²) in [6.07, 6.45) is 5.41.